The summed E-state index contributed by atoms with van der Waals surface area (Å²) in [5.74, 6) is -1.30. The maximum Gasteiger partial charge on any atom is 0.274 e. The fourth-order valence-electron chi connectivity index (χ4n) is 4.01. The number of nitrogens with one attached hydrogen (secondary N) is 3. The van der Waals surface area contributed by atoms with Crippen LogP contribution in [0, 0.1) is 0 Å². The van der Waals surface area contributed by atoms with E-state index in [0.29, 0.717) is 16.6 Å². The Hall–Kier alpha value is -4.25. The van der Waals surface area contributed by atoms with Gasteiger partial charge in [-0.1, -0.05) is 54.6 Å². The number of anilines is 2. The molecule has 0 saturated heterocycles. The highest BCUT2D eigenvalue weighted by molar-refractivity contribution is 7.89. The number of rotatable bonds is 8. The number of carbonyl (C=O) groups excluding carboxylic acids is 2. The molecular formula is C27H26N4O5S. The van der Waals surface area contributed by atoms with E-state index in [9.17, 15) is 18.0 Å². The zero-order valence-electron chi connectivity index (χ0n) is 20.2. The summed E-state index contributed by atoms with van der Waals surface area (Å²) >= 11 is 0. The number of hydroxylamine groups is 1. The van der Waals surface area contributed by atoms with E-state index in [0.717, 1.165) is 11.1 Å². The Morgan fingerprint density at radius 1 is 0.811 bits per heavy atom. The number of amides is 2. The summed E-state index contributed by atoms with van der Waals surface area (Å²) in [6.45, 7) is 0. The summed E-state index contributed by atoms with van der Waals surface area (Å²) in [6, 6.07) is 23.5. The molecule has 4 N–H and O–H groups in total. The summed E-state index contributed by atoms with van der Waals surface area (Å²) in [4.78, 5) is 26.9. The largest absolute Gasteiger partial charge is 0.377 e. The molecule has 0 aromatic heterocycles. The lowest BCUT2D eigenvalue weighted by Crippen LogP contribution is -2.37. The van der Waals surface area contributed by atoms with Crippen LogP contribution >= 0.6 is 0 Å². The molecule has 0 aliphatic rings. The number of hydrogen-bond donors (Lipinski definition) is 4. The third-order valence-electron chi connectivity index (χ3n) is 5.81. The molecule has 0 fully saturated rings. The predicted molar refractivity (Wildman–Crippen MR) is 142 cm³/mol. The minimum atomic E-state index is -4.15. The zero-order chi connectivity index (χ0) is 26.6. The topological polar surface area (TPSA) is 128 Å². The van der Waals surface area contributed by atoms with Gasteiger partial charge in [-0.3, -0.25) is 14.8 Å². The summed E-state index contributed by atoms with van der Waals surface area (Å²) < 4.78 is 29.9. The first-order valence-corrected chi connectivity index (χ1v) is 12.8. The van der Waals surface area contributed by atoms with E-state index in [1.54, 1.807) is 48.5 Å². The van der Waals surface area contributed by atoms with Crippen LogP contribution in [0.1, 0.15) is 22.0 Å². The number of nitrogens with zero attached hydrogens (tertiary/aromatic N) is 1. The van der Waals surface area contributed by atoms with Gasteiger partial charge < -0.3 is 10.2 Å². The predicted octanol–water partition coefficient (Wildman–Crippen LogP) is 3.68. The molecule has 190 valence electrons. The van der Waals surface area contributed by atoms with Crippen molar-refractivity contribution in [2.75, 3.05) is 24.3 Å². The molecule has 4 aromatic carbocycles. The molecule has 0 aliphatic carbocycles. The monoisotopic (exact) mass is 518 g/mol. The van der Waals surface area contributed by atoms with E-state index >= 15 is 0 Å². The second-order valence-electron chi connectivity index (χ2n) is 8.50. The van der Waals surface area contributed by atoms with Crippen molar-refractivity contribution in [3.8, 4) is 0 Å². The first kappa shape index (κ1) is 25.8. The molecule has 0 bridgehead atoms. The Labute approximate surface area is 214 Å². The smallest absolute Gasteiger partial charge is 0.274 e. The first-order chi connectivity index (χ1) is 17.7. The molecule has 0 saturated carbocycles. The van der Waals surface area contributed by atoms with Crippen LogP contribution < -0.4 is 20.4 Å². The minimum absolute atomic E-state index is 0.0572. The van der Waals surface area contributed by atoms with Gasteiger partial charge in [-0.15, -0.1) is 0 Å². The standard InChI is InChI=1S/C27H26N4O5S/c1-31(2)23-12-6-11-22-21(23)10-7-13-24(22)37(35,36)30-25(18-8-4-3-5-9-18)27(33)28-20-16-14-19(15-17-20)26(32)29-34/h3-17,25,30,34H,1-2H3,(H,28,33)(H,29,32)/t25-/m0/s1. The van der Waals surface area contributed by atoms with Crippen molar-refractivity contribution >= 4 is 44.0 Å². The zero-order valence-corrected chi connectivity index (χ0v) is 21.0. The van der Waals surface area contributed by atoms with Crippen molar-refractivity contribution in [3.63, 3.8) is 0 Å². The van der Waals surface area contributed by atoms with Crippen molar-refractivity contribution in [2.45, 2.75) is 10.9 Å². The molecule has 10 heteroatoms. The van der Waals surface area contributed by atoms with E-state index in [4.69, 9.17) is 5.21 Å². The molecule has 1 atom stereocenters. The maximum atomic E-state index is 13.6. The van der Waals surface area contributed by atoms with Crippen LogP contribution in [0.5, 0.6) is 0 Å². The van der Waals surface area contributed by atoms with Gasteiger partial charge in [0, 0.05) is 41.8 Å². The number of benzene rings is 4. The van der Waals surface area contributed by atoms with Crippen molar-refractivity contribution in [3.05, 3.63) is 102 Å². The SMILES string of the molecule is CN(C)c1cccc2c(S(=O)(=O)N[C@H](C(=O)Nc3ccc(C(=O)NO)cc3)c3ccccc3)cccc12. The van der Waals surface area contributed by atoms with E-state index in [-0.39, 0.29) is 10.5 Å². The van der Waals surface area contributed by atoms with E-state index < -0.39 is 27.9 Å². The van der Waals surface area contributed by atoms with Gasteiger partial charge in [0.25, 0.3) is 5.91 Å². The van der Waals surface area contributed by atoms with E-state index in [2.05, 4.69) is 10.0 Å². The lowest BCUT2D eigenvalue weighted by molar-refractivity contribution is -0.117. The third-order valence-corrected chi connectivity index (χ3v) is 7.30. The molecule has 2 amide bonds. The fourth-order valence-corrected chi connectivity index (χ4v) is 5.42. The molecule has 0 unspecified atom stereocenters. The Morgan fingerprint density at radius 3 is 2.11 bits per heavy atom. The Morgan fingerprint density at radius 2 is 1.46 bits per heavy atom. The highest BCUT2D eigenvalue weighted by Gasteiger charge is 2.28. The van der Waals surface area contributed by atoms with E-state index in [1.165, 1.54) is 35.8 Å². The third kappa shape index (κ3) is 5.61. The van der Waals surface area contributed by atoms with Crippen molar-refractivity contribution in [1.29, 1.82) is 0 Å². The van der Waals surface area contributed by atoms with Gasteiger partial charge in [-0.05, 0) is 42.0 Å². The Bertz CT molecular complexity index is 1540. The average Bonchev–Trinajstić information content (AvgIpc) is 2.91. The van der Waals surface area contributed by atoms with Crippen LogP contribution in [0.25, 0.3) is 10.8 Å². The van der Waals surface area contributed by atoms with Gasteiger partial charge in [-0.25, -0.2) is 13.9 Å². The van der Waals surface area contributed by atoms with Crippen molar-refractivity contribution in [1.82, 2.24) is 10.2 Å². The normalized spacial score (nSPS) is 12.1. The summed E-state index contributed by atoms with van der Waals surface area (Å²) in [7, 11) is -0.382. The second kappa shape index (κ2) is 10.8. The Kier molecular flexibility index (Phi) is 7.53. The summed E-state index contributed by atoms with van der Waals surface area (Å²) in [5.41, 5.74) is 3.39. The van der Waals surface area contributed by atoms with Crippen LogP contribution in [0.15, 0.2) is 95.9 Å². The van der Waals surface area contributed by atoms with Crippen molar-refractivity contribution in [2.24, 2.45) is 0 Å². The molecule has 4 rings (SSSR count). The summed E-state index contributed by atoms with van der Waals surface area (Å²) in [5, 5.41) is 12.8. The van der Waals surface area contributed by atoms with Crippen LogP contribution in [0.3, 0.4) is 0 Å². The number of carbonyl (C=O) groups is 2. The molecule has 0 radical (unpaired) electrons. The van der Waals surface area contributed by atoms with Gasteiger partial charge in [0.05, 0.1) is 4.90 Å². The fraction of sp³-hybridized carbons (Fsp3) is 0.111. The molecule has 4 aromatic rings. The Balaban J connectivity index is 1.69. The molecule has 0 heterocycles. The molecule has 0 aliphatic heterocycles. The van der Waals surface area contributed by atoms with Crippen molar-refractivity contribution < 1.29 is 23.2 Å². The lowest BCUT2D eigenvalue weighted by atomic mass is 10.1. The van der Waals surface area contributed by atoms with Crippen LogP contribution in [-0.4, -0.2) is 39.5 Å². The van der Waals surface area contributed by atoms with Gasteiger partial charge >= 0.3 is 0 Å². The van der Waals surface area contributed by atoms with Gasteiger partial charge in [-0.2, -0.15) is 4.72 Å². The maximum absolute atomic E-state index is 13.6. The number of hydrogen-bond acceptors (Lipinski definition) is 6. The molecular weight excluding hydrogens is 492 g/mol. The highest BCUT2D eigenvalue weighted by atomic mass is 32.2. The summed E-state index contributed by atoms with van der Waals surface area (Å²) in [6.07, 6.45) is 0. The lowest BCUT2D eigenvalue weighted by Gasteiger charge is -2.21. The van der Waals surface area contributed by atoms with Gasteiger partial charge in [0.1, 0.15) is 6.04 Å². The molecule has 37 heavy (non-hydrogen) atoms. The van der Waals surface area contributed by atoms with Gasteiger partial charge in [0.15, 0.2) is 0 Å². The quantitative estimate of drug-likeness (QED) is 0.208. The van der Waals surface area contributed by atoms with Crippen LogP contribution in [0.2, 0.25) is 0 Å². The second-order valence-corrected chi connectivity index (χ2v) is 10.2. The van der Waals surface area contributed by atoms with E-state index in [1.807, 2.05) is 31.1 Å². The number of fused-ring (bicyclic) bond motifs is 1. The number of sulfonamides is 1. The average molecular weight is 519 g/mol. The minimum Gasteiger partial charge on any atom is -0.377 e. The highest BCUT2D eigenvalue weighted by Crippen LogP contribution is 2.31. The van der Waals surface area contributed by atoms with Crippen LogP contribution in [0.4, 0.5) is 11.4 Å². The molecule has 0 spiro atoms. The van der Waals surface area contributed by atoms with Gasteiger partial charge in [0.2, 0.25) is 15.9 Å². The first-order valence-electron chi connectivity index (χ1n) is 11.3. The van der Waals surface area contributed by atoms with Crippen LogP contribution in [-0.2, 0) is 14.8 Å². The molecule has 9 nitrogen and oxygen atoms in total.